The van der Waals surface area contributed by atoms with Crippen LogP contribution in [0.3, 0.4) is 0 Å². The first-order valence-corrected chi connectivity index (χ1v) is 9.05. The highest BCUT2D eigenvalue weighted by atomic mass is 16.5. The van der Waals surface area contributed by atoms with E-state index in [1.54, 1.807) is 31.0 Å². The molecule has 0 saturated heterocycles. The Bertz CT molecular complexity index is 1060. The predicted molar refractivity (Wildman–Crippen MR) is 105 cm³/mol. The Morgan fingerprint density at radius 2 is 1.90 bits per heavy atom. The number of nitrogens with zero attached hydrogens (tertiary/aromatic N) is 4. The largest absolute Gasteiger partial charge is 0.493 e. The zero-order valence-corrected chi connectivity index (χ0v) is 16.6. The molecule has 2 aromatic heterocycles. The number of hydrogen-bond donors (Lipinski definition) is 1. The van der Waals surface area contributed by atoms with Gasteiger partial charge in [-0.1, -0.05) is 12.1 Å². The minimum Gasteiger partial charge on any atom is -0.493 e. The highest BCUT2D eigenvalue weighted by Crippen LogP contribution is 2.45. The number of fused-ring (bicyclic) bond motifs is 1. The summed E-state index contributed by atoms with van der Waals surface area (Å²) in [6.07, 6.45) is 0.275. The van der Waals surface area contributed by atoms with Gasteiger partial charge in [0.25, 0.3) is 0 Å². The Kier molecular flexibility index (Phi) is 4.79. The molecule has 0 aliphatic carbocycles. The lowest BCUT2D eigenvalue weighted by molar-refractivity contribution is -0.116. The molecule has 150 valence electrons. The molecule has 9 heteroatoms. The quantitative estimate of drug-likeness (QED) is 0.708. The van der Waals surface area contributed by atoms with Gasteiger partial charge < -0.3 is 19.5 Å². The lowest BCUT2D eigenvalue weighted by Crippen LogP contribution is -2.25. The van der Waals surface area contributed by atoms with Gasteiger partial charge in [-0.3, -0.25) is 4.79 Å². The SMILES string of the molecule is COc1ccc(-n2nc(C)c3c2NC(=O)C[C@@H]3c2cccc(OC)c2OC)nn1. The summed E-state index contributed by atoms with van der Waals surface area (Å²) >= 11 is 0. The molecule has 1 amide bonds. The van der Waals surface area contributed by atoms with Crippen LogP contribution in [0.5, 0.6) is 17.4 Å². The number of benzene rings is 1. The van der Waals surface area contributed by atoms with Crippen molar-refractivity contribution in [1.29, 1.82) is 0 Å². The number of carbonyl (C=O) groups is 1. The van der Waals surface area contributed by atoms with Crippen LogP contribution in [0.2, 0.25) is 0 Å². The van der Waals surface area contributed by atoms with Crippen LogP contribution in [-0.4, -0.2) is 47.2 Å². The molecule has 0 saturated carbocycles. The maximum Gasteiger partial charge on any atom is 0.233 e. The second-order valence-corrected chi connectivity index (χ2v) is 6.58. The van der Waals surface area contributed by atoms with Crippen molar-refractivity contribution in [3.05, 3.63) is 47.2 Å². The Balaban J connectivity index is 1.87. The molecule has 0 spiro atoms. The highest BCUT2D eigenvalue weighted by Gasteiger charge is 2.35. The summed E-state index contributed by atoms with van der Waals surface area (Å²) in [6, 6.07) is 9.09. The Morgan fingerprint density at radius 3 is 2.55 bits per heavy atom. The fourth-order valence-electron chi connectivity index (χ4n) is 3.70. The third kappa shape index (κ3) is 3.14. The molecule has 1 aromatic carbocycles. The molecule has 0 bridgehead atoms. The summed E-state index contributed by atoms with van der Waals surface area (Å²) in [6.45, 7) is 1.91. The lowest BCUT2D eigenvalue weighted by Gasteiger charge is -2.26. The fourth-order valence-corrected chi connectivity index (χ4v) is 3.70. The number of methoxy groups -OCH3 is 3. The molecular weight excluding hydrogens is 374 g/mol. The number of aryl methyl sites for hydroxylation is 1. The number of ether oxygens (including phenoxy) is 3. The van der Waals surface area contributed by atoms with E-state index in [4.69, 9.17) is 14.2 Å². The summed E-state index contributed by atoms with van der Waals surface area (Å²) in [5.74, 6) is 2.33. The summed E-state index contributed by atoms with van der Waals surface area (Å²) in [5, 5.41) is 15.7. The minimum atomic E-state index is -0.233. The molecule has 0 fully saturated rings. The molecule has 0 radical (unpaired) electrons. The van der Waals surface area contributed by atoms with Crippen LogP contribution in [0.15, 0.2) is 30.3 Å². The summed E-state index contributed by atoms with van der Waals surface area (Å²) in [5.41, 5.74) is 2.56. The minimum absolute atomic E-state index is 0.116. The maximum absolute atomic E-state index is 12.6. The van der Waals surface area contributed by atoms with Gasteiger partial charge in [-0.15, -0.1) is 10.2 Å². The zero-order chi connectivity index (χ0) is 20.5. The first-order valence-electron chi connectivity index (χ1n) is 9.05. The van der Waals surface area contributed by atoms with E-state index in [1.165, 1.54) is 7.11 Å². The van der Waals surface area contributed by atoms with Crippen LogP contribution in [0.1, 0.15) is 29.2 Å². The number of anilines is 1. The van der Waals surface area contributed by atoms with E-state index in [0.29, 0.717) is 29.0 Å². The average molecular weight is 395 g/mol. The number of hydrogen-bond acceptors (Lipinski definition) is 7. The van der Waals surface area contributed by atoms with E-state index in [1.807, 2.05) is 25.1 Å². The van der Waals surface area contributed by atoms with Crippen molar-refractivity contribution in [2.75, 3.05) is 26.6 Å². The standard InChI is InChI=1S/C20H21N5O4/c1-11-18-13(12-6-5-7-14(27-2)19(12)29-4)10-16(26)21-20(18)25(24-11)15-8-9-17(28-3)23-22-15/h5-9,13H,10H2,1-4H3,(H,21,26)/t13-/m1/s1. The van der Waals surface area contributed by atoms with Gasteiger partial charge in [0.05, 0.1) is 27.0 Å². The number of carbonyl (C=O) groups excluding carboxylic acids is 1. The van der Waals surface area contributed by atoms with Crippen molar-refractivity contribution in [2.24, 2.45) is 0 Å². The van der Waals surface area contributed by atoms with E-state index in [0.717, 1.165) is 16.8 Å². The van der Waals surface area contributed by atoms with Crippen LogP contribution in [0.25, 0.3) is 5.82 Å². The monoisotopic (exact) mass is 395 g/mol. The zero-order valence-electron chi connectivity index (χ0n) is 16.6. The predicted octanol–water partition coefficient (Wildman–Crippen LogP) is 2.47. The van der Waals surface area contributed by atoms with Crippen LogP contribution >= 0.6 is 0 Å². The van der Waals surface area contributed by atoms with E-state index >= 15 is 0 Å². The lowest BCUT2D eigenvalue weighted by atomic mass is 9.85. The Morgan fingerprint density at radius 1 is 1.07 bits per heavy atom. The number of aromatic nitrogens is 4. The van der Waals surface area contributed by atoms with Gasteiger partial charge in [-0.25, -0.2) is 0 Å². The van der Waals surface area contributed by atoms with Gasteiger partial charge in [0.15, 0.2) is 17.3 Å². The molecule has 9 nitrogen and oxygen atoms in total. The van der Waals surface area contributed by atoms with Crippen molar-refractivity contribution in [3.8, 4) is 23.2 Å². The number of rotatable bonds is 5. The maximum atomic E-state index is 12.6. The van der Waals surface area contributed by atoms with Crippen LogP contribution in [-0.2, 0) is 4.79 Å². The molecule has 1 atom stereocenters. The van der Waals surface area contributed by atoms with Gasteiger partial charge in [0.1, 0.15) is 5.82 Å². The summed E-state index contributed by atoms with van der Waals surface area (Å²) < 4.78 is 17.7. The summed E-state index contributed by atoms with van der Waals surface area (Å²) in [7, 11) is 4.70. The van der Waals surface area contributed by atoms with Crippen LogP contribution < -0.4 is 19.5 Å². The van der Waals surface area contributed by atoms with E-state index in [2.05, 4.69) is 20.6 Å². The van der Waals surface area contributed by atoms with Gasteiger partial charge in [0.2, 0.25) is 11.8 Å². The third-order valence-electron chi connectivity index (χ3n) is 4.96. The normalized spacial score (nSPS) is 15.4. The third-order valence-corrected chi connectivity index (χ3v) is 4.96. The van der Waals surface area contributed by atoms with Gasteiger partial charge in [0, 0.05) is 29.5 Å². The topological polar surface area (TPSA) is 100 Å². The molecule has 3 aromatic rings. The molecule has 4 rings (SSSR count). The number of amides is 1. The second-order valence-electron chi connectivity index (χ2n) is 6.58. The first kappa shape index (κ1) is 18.7. The Hall–Kier alpha value is -3.62. The van der Waals surface area contributed by atoms with Crippen LogP contribution in [0, 0.1) is 6.92 Å². The molecule has 29 heavy (non-hydrogen) atoms. The van der Waals surface area contributed by atoms with E-state index in [-0.39, 0.29) is 18.2 Å². The fraction of sp³-hybridized carbons (Fsp3) is 0.300. The van der Waals surface area contributed by atoms with Gasteiger partial charge >= 0.3 is 0 Å². The summed E-state index contributed by atoms with van der Waals surface area (Å²) in [4.78, 5) is 12.6. The number of para-hydroxylation sites is 1. The molecule has 1 aliphatic rings. The average Bonchev–Trinajstić information content (AvgIpc) is 3.08. The van der Waals surface area contributed by atoms with E-state index in [9.17, 15) is 4.79 Å². The van der Waals surface area contributed by atoms with Crippen molar-refractivity contribution in [1.82, 2.24) is 20.0 Å². The van der Waals surface area contributed by atoms with Gasteiger partial charge in [-0.05, 0) is 19.1 Å². The Labute approximate surface area is 167 Å². The molecular formula is C20H21N5O4. The number of nitrogens with one attached hydrogen (secondary N) is 1. The second kappa shape index (κ2) is 7.42. The van der Waals surface area contributed by atoms with Crippen molar-refractivity contribution < 1.29 is 19.0 Å². The first-order chi connectivity index (χ1) is 14.1. The van der Waals surface area contributed by atoms with Crippen LogP contribution in [0.4, 0.5) is 5.82 Å². The molecule has 3 heterocycles. The van der Waals surface area contributed by atoms with Crippen molar-refractivity contribution in [3.63, 3.8) is 0 Å². The highest BCUT2D eigenvalue weighted by molar-refractivity contribution is 5.95. The molecule has 1 N–H and O–H groups in total. The van der Waals surface area contributed by atoms with E-state index < -0.39 is 0 Å². The smallest absolute Gasteiger partial charge is 0.233 e. The van der Waals surface area contributed by atoms with Gasteiger partial charge in [-0.2, -0.15) is 9.78 Å². The molecule has 1 aliphatic heterocycles. The van der Waals surface area contributed by atoms with Crippen molar-refractivity contribution >= 4 is 11.7 Å². The van der Waals surface area contributed by atoms with Crippen molar-refractivity contribution in [2.45, 2.75) is 19.3 Å². The molecule has 0 unspecified atom stereocenters.